The molecule has 0 saturated heterocycles. The average molecular weight is 358 g/mol. The number of quaternary nitrogens is 1. The molecule has 0 aliphatic heterocycles. The summed E-state index contributed by atoms with van der Waals surface area (Å²) in [5.74, 6) is 0. The van der Waals surface area contributed by atoms with Crippen molar-refractivity contribution >= 4 is 57.1 Å². The second-order valence-corrected chi connectivity index (χ2v) is 10.7. The van der Waals surface area contributed by atoms with Gasteiger partial charge in [0.05, 0.1) is 26.7 Å². The zero-order valence-electron chi connectivity index (χ0n) is 8.66. The van der Waals surface area contributed by atoms with E-state index in [0.29, 0.717) is 0 Å². The van der Waals surface area contributed by atoms with Crippen molar-refractivity contribution in [1.82, 2.24) is 0 Å². The third-order valence-corrected chi connectivity index (χ3v) is 2.29. The van der Waals surface area contributed by atoms with Crippen LogP contribution in [0.25, 0.3) is 0 Å². The monoisotopic (exact) mass is 355 g/mol. The minimum absolute atomic E-state index is 1.21. The first-order valence-electron chi connectivity index (χ1n) is 4.39. The molecule has 0 amide bonds. The lowest BCUT2D eigenvalue weighted by molar-refractivity contribution is -0.904. The van der Waals surface area contributed by atoms with Gasteiger partial charge in [-0.05, 0) is 20.8 Å². The van der Waals surface area contributed by atoms with Gasteiger partial charge >= 0.3 is 0 Å². The molecule has 0 heterocycles. The number of nitrogens with zero attached hydrogens (tertiary/aromatic N) is 1. The molecule has 0 saturated carbocycles. The fraction of sp³-hybridized carbons (Fsp3) is 1.00. The molecule has 13 heavy (non-hydrogen) atoms. The van der Waals surface area contributed by atoms with Gasteiger partial charge in [-0.3, -0.25) is 0 Å². The molecule has 0 N–H and O–H groups in total. The Balaban J connectivity index is 0. The Labute approximate surface area is 108 Å². The van der Waals surface area contributed by atoms with E-state index in [1.807, 2.05) is 0 Å². The van der Waals surface area contributed by atoms with E-state index in [2.05, 4.69) is 59.3 Å². The summed E-state index contributed by atoms with van der Waals surface area (Å²) < 4.78 is -0.222. The van der Waals surface area contributed by atoms with Crippen LogP contribution in [0.1, 0.15) is 20.8 Å². The van der Waals surface area contributed by atoms with Crippen LogP contribution < -0.4 is 0 Å². The maximum Gasteiger partial charge on any atom is 0.285 e. The van der Waals surface area contributed by atoms with E-state index in [-0.39, 0.29) is 0 Å². The largest absolute Gasteiger partial charge is 0.341 e. The van der Waals surface area contributed by atoms with E-state index in [9.17, 15) is 0 Å². The first-order valence-corrected chi connectivity index (χ1v) is 7.09. The van der Waals surface area contributed by atoms with Gasteiger partial charge in [-0.2, -0.15) is 0 Å². The minimum Gasteiger partial charge on any atom is -0.341 e. The fourth-order valence-electron chi connectivity index (χ4n) is 0.671. The van der Waals surface area contributed by atoms with E-state index in [1.165, 1.54) is 24.1 Å². The van der Waals surface area contributed by atoms with Gasteiger partial charge < -0.3 is 58.9 Å². The van der Waals surface area contributed by atoms with Gasteiger partial charge in [0, 0.05) is 0 Å². The highest BCUT2D eigenvalue weighted by molar-refractivity contribution is 9.54. The van der Waals surface area contributed by atoms with Gasteiger partial charge in [-0.25, -0.2) is 0 Å². The maximum atomic E-state index is 5.19. The third kappa shape index (κ3) is 16.3. The van der Waals surface area contributed by atoms with Crippen LogP contribution in [0.15, 0.2) is 0 Å². The summed E-state index contributed by atoms with van der Waals surface area (Å²) in [5.41, 5.74) is 0. The molecule has 0 rings (SSSR count). The Morgan fingerprint density at radius 2 is 1.15 bits per heavy atom. The molecule has 0 aromatic heterocycles. The summed E-state index contributed by atoms with van der Waals surface area (Å²) in [6, 6.07) is 0. The van der Waals surface area contributed by atoms with Crippen LogP contribution >= 0.6 is 54.4 Å². The van der Waals surface area contributed by atoms with E-state index < -0.39 is 2.62 Å². The number of rotatable bonds is 3. The van der Waals surface area contributed by atoms with Crippen molar-refractivity contribution in [2.75, 3.05) is 26.7 Å². The van der Waals surface area contributed by atoms with Gasteiger partial charge in [-0.15, -0.1) is 0 Å². The van der Waals surface area contributed by atoms with E-state index >= 15 is 0 Å². The van der Waals surface area contributed by atoms with Gasteiger partial charge in [0.25, 0.3) is 2.62 Å². The Morgan fingerprint density at radius 3 is 1.15 bits per heavy atom. The Kier molecular flexibility index (Phi) is 10.2. The molecule has 0 aromatic rings. The molecular weight excluding hydrogens is 340 g/mol. The van der Waals surface area contributed by atoms with Gasteiger partial charge in [0.2, 0.25) is 0 Å². The predicted octanol–water partition coefficient (Wildman–Crippen LogP) is 4.18. The van der Waals surface area contributed by atoms with Crippen molar-refractivity contribution < 1.29 is 4.48 Å². The van der Waals surface area contributed by atoms with Crippen molar-refractivity contribution in [1.29, 1.82) is 0 Å². The van der Waals surface area contributed by atoms with E-state index in [1.54, 1.807) is 0 Å². The maximum absolute atomic E-state index is 5.19. The van der Waals surface area contributed by atoms with Gasteiger partial charge in [-0.1, -0.05) is 0 Å². The van der Waals surface area contributed by atoms with Crippen molar-refractivity contribution in [3.63, 3.8) is 0 Å². The zero-order chi connectivity index (χ0) is 11.1. The fourth-order valence-corrected chi connectivity index (χ4v) is 0.671. The normalized spacial score (nSPS) is 12.0. The lowest BCUT2D eigenvalue weighted by Gasteiger charge is -2.30. The molecule has 0 bridgehead atoms. The Bertz CT molecular complexity index is 112. The number of hydrogen-bond donors (Lipinski definition) is 0. The van der Waals surface area contributed by atoms with Crippen LogP contribution in [0.2, 0.25) is 0 Å². The lowest BCUT2D eigenvalue weighted by Crippen LogP contribution is -2.42. The van der Waals surface area contributed by atoms with Crippen molar-refractivity contribution in [3.05, 3.63) is 0 Å². The molecule has 0 unspecified atom stereocenters. The highest BCUT2D eigenvalue weighted by atomic mass is 79.9. The lowest BCUT2D eigenvalue weighted by atomic mass is 10.4. The summed E-state index contributed by atoms with van der Waals surface area (Å²) in [7, 11) is 2.29. The van der Waals surface area contributed by atoms with E-state index in [0.717, 1.165) is 0 Å². The van der Waals surface area contributed by atoms with Crippen LogP contribution in [0.5, 0.6) is 0 Å². The zero-order valence-corrected chi connectivity index (χ0v) is 13.3. The topological polar surface area (TPSA) is 0 Å². The molecule has 0 spiro atoms. The standard InChI is InChI=1S/C7H18N.BBr2Cl2/c1-5-8(4,6-2)7-3;2-1(3,4)5/h5-7H2,1-4H3;/q+1;-1. The minimum atomic E-state index is -1.43. The smallest absolute Gasteiger partial charge is 0.285 e. The molecule has 82 valence electrons. The van der Waals surface area contributed by atoms with Crippen molar-refractivity contribution in [3.8, 4) is 0 Å². The van der Waals surface area contributed by atoms with Crippen LogP contribution in [-0.2, 0) is 0 Å². The summed E-state index contributed by atoms with van der Waals surface area (Å²) in [4.78, 5) is 0. The quantitative estimate of drug-likeness (QED) is 0.525. The second-order valence-electron chi connectivity index (χ2n) is 3.06. The van der Waals surface area contributed by atoms with Crippen LogP contribution in [0.3, 0.4) is 0 Å². The highest BCUT2D eigenvalue weighted by Crippen LogP contribution is 2.28. The predicted molar refractivity (Wildman–Crippen MR) is 73.1 cm³/mol. The number of hydrogen-bond acceptors (Lipinski definition) is 0. The van der Waals surface area contributed by atoms with Crippen LogP contribution in [-0.4, -0.2) is 33.8 Å². The molecule has 0 fully saturated rings. The Morgan fingerprint density at radius 1 is 1.00 bits per heavy atom. The molecule has 0 aliphatic carbocycles. The van der Waals surface area contributed by atoms with Crippen LogP contribution in [0, 0.1) is 0 Å². The third-order valence-electron chi connectivity index (χ3n) is 2.29. The molecule has 0 atom stereocenters. The Hall–Kier alpha value is 1.56. The molecule has 1 nitrogen and oxygen atoms in total. The van der Waals surface area contributed by atoms with Gasteiger partial charge in [0.1, 0.15) is 0 Å². The molecule has 6 heteroatoms. The second kappa shape index (κ2) is 7.80. The van der Waals surface area contributed by atoms with Crippen molar-refractivity contribution in [2.24, 2.45) is 0 Å². The average Bonchev–Trinajstić information content (AvgIpc) is 2.00. The first-order chi connectivity index (χ1) is 5.68. The summed E-state index contributed by atoms with van der Waals surface area (Å²) in [5, 5.41) is 0. The molecule has 0 aliphatic rings. The summed E-state index contributed by atoms with van der Waals surface area (Å²) >= 11 is 16.2. The van der Waals surface area contributed by atoms with Gasteiger partial charge in [0.15, 0.2) is 0 Å². The SMILES string of the molecule is CC[N+](C)(CC)CC.Cl[B-](Cl)(Br)Br. The van der Waals surface area contributed by atoms with E-state index in [4.69, 9.17) is 22.9 Å². The first kappa shape index (κ1) is 17.0. The summed E-state index contributed by atoms with van der Waals surface area (Å²) in [6.07, 6.45) is 0. The molecule has 0 radical (unpaired) electrons. The number of halogens is 4. The van der Waals surface area contributed by atoms with Crippen molar-refractivity contribution in [2.45, 2.75) is 20.8 Å². The molecular formula is C7H18BBr2Cl2N. The highest BCUT2D eigenvalue weighted by Gasteiger charge is 2.10. The summed E-state index contributed by atoms with van der Waals surface area (Å²) in [6.45, 7) is 10.5. The van der Waals surface area contributed by atoms with Crippen LogP contribution in [0.4, 0.5) is 0 Å². The molecule has 0 aromatic carbocycles.